The Morgan fingerprint density at radius 3 is 2.69 bits per heavy atom. The topological polar surface area (TPSA) is 74.9 Å². The number of carbonyl (C=O) groups is 1. The number of anilines is 1. The van der Waals surface area contributed by atoms with E-state index in [1.54, 1.807) is 50.4 Å². The van der Waals surface area contributed by atoms with E-state index in [1.807, 2.05) is 6.07 Å². The highest BCUT2D eigenvalue weighted by molar-refractivity contribution is 14.1. The number of nitriles is 1. The zero-order chi connectivity index (χ0) is 18.8. The van der Waals surface area contributed by atoms with Crippen LogP contribution in [0, 0.1) is 14.9 Å². The molecule has 0 radical (unpaired) electrons. The summed E-state index contributed by atoms with van der Waals surface area (Å²) in [5.74, 6) is 1.00. The van der Waals surface area contributed by atoms with Gasteiger partial charge in [-0.3, -0.25) is 9.79 Å². The number of methoxy groups -OCH3 is 2. The summed E-state index contributed by atoms with van der Waals surface area (Å²) in [6.07, 6.45) is 0. The van der Waals surface area contributed by atoms with E-state index in [-0.39, 0.29) is 12.5 Å². The smallest absolute Gasteiger partial charge is 0.248 e. The molecule has 3 rings (SSSR count). The monoisotopic (exact) mass is 461 g/mol. The van der Waals surface area contributed by atoms with E-state index in [0.717, 1.165) is 14.7 Å². The molecule has 0 saturated heterocycles. The molecule has 1 amide bonds. The highest BCUT2D eigenvalue weighted by atomic mass is 127. The van der Waals surface area contributed by atoms with Gasteiger partial charge in [0.1, 0.15) is 6.54 Å². The molecule has 2 aromatic rings. The number of benzodiazepines with no additional fused rings is 1. The molecule has 0 aliphatic carbocycles. The van der Waals surface area contributed by atoms with Crippen LogP contribution in [0.5, 0.6) is 11.5 Å². The van der Waals surface area contributed by atoms with Gasteiger partial charge in [0.25, 0.3) is 0 Å². The Bertz CT molecular complexity index is 963. The molecule has 0 aromatic heterocycles. The third-order valence-corrected chi connectivity index (χ3v) is 5.23. The summed E-state index contributed by atoms with van der Waals surface area (Å²) < 4.78 is 11.7. The number of fused-ring (bicyclic) bond motifs is 1. The van der Waals surface area contributed by atoms with Crippen molar-refractivity contribution in [2.45, 2.75) is 0 Å². The maximum atomic E-state index is 12.4. The minimum atomic E-state index is -0.124. The Kier molecular flexibility index (Phi) is 5.13. The second-order valence-corrected chi connectivity index (χ2v) is 6.71. The van der Waals surface area contributed by atoms with E-state index in [2.05, 4.69) is 33.7 Å². The predicted molar refractivity (Wildman–Crippen MR) is 107 cm³/mol. The first-order valence-electron chi connectivity index (χ1n) is 7.78. The van der Waals surface area contributed by atoms with Gasteiger partial charge in [0.15, 0.2) is 11.5 Å². The van der Waals surface area contributed by atoms with Crippen molar-refractivity contribution in [1.82, 2.24) is 0 Å². The van der Waals surface area contributed by atoms with E-state index < -0.39 is 0 Å². The van der Waals surface area contributed by atoms with Gasteiger partial charge in [0.05, 0.1) is 40.8 Å². The van der Waals surface area contributed by atoms with Crippen molar-refractivity contribution >= 4 is 39.9 Å². The Morgan fingerprint density at radius 1 is 1.27 bits per heavy atom. The molecule has 0 N–H and O–H groups in total. The number of likely N-dealkylation sites (N-methyl/N-ethyl adjacent to an activating group) is 1. The zero-order valence-electron chi connectivity index (χ0n) is 14.5. The molecule has 2 aromatic carbocycles. The third-order valence-electron chi connectivity index (χ3n) is 4.20. The minimum absolute atomic E-state index is 0.0258. The summed E-state index contributed by atoms with van der Waals surface area (Å²) >= 11 is 2.18. The van der Waals surface area contributed by atoms with E-state index in [1.165, 1.54) is 0 Å². The van der Waals surface area contributed by atoms with Gasteiger partial charge in [0, 0.05) is 24.2 Å². The van der Waals surface area contributed by atoms with Crippen LogP contribution in [0.1, 0.15) is 16.7 Å². The van der Waals surface area contributed by atoms with Gasteiger partial charge >= 0.3 is 0 Å². The lowest BCUT2D eigenvalue weighted by molar-refractivity contribution is -0.116. The van der Waals surface area contributed by atoms with Crippen molar-refractivity contribution < 1.29 is 14.3 Å². The number of carbonyl (C=O) groups excluding carboxylic acids is 1. The number of hydrogen-bond acceptors (Lipinski definition) is 5. The van der Waals surface area contributed by atoms with Crippen molar-refractivity contribution in [3.63, 3.8) is 0 Å². The molecular formula is C19H16IN3O3. The molecule has 0 bridgehead atoms. The van der Waals surface area contributed by atoms with E-state index in [9.17, 15) is 10.1 Å². The first kappa shape index (κ1) is 18.2. The maximum Gasteiger partial charge on any atom is 0.248 e. The van der Waals surface area contributed by atoms with Gasteiger partial charge in [-0.2, -0.15) is 5.26 Å². The molecule has 1 aliphatic rings. The van der Waals surface area contributed by atoms with Crippen LogP contribution in [0.15, 0.2) is 35.3 Å². The van der Waals surface area contributed by atoms with Crippen LogP contribution in [-0.2, 0) is 4.79 Å². The van der Waals surface area contributed by atoms with Gasteiger partial charge in [-0.15, -0.1) is 0 Å². The second kappa shape index (κ2) is 7.33. The number of halogens is 1. The minimum Gasteiger partial charge on any atom is -0.493 e. The number of hydrogen-bond donors (Lipinski definition) is 0. The fourth-order valence-corrected chi connectivity index (χ4v) is 3.88. The Hall–Kier alpha value is -2.60. The summed E-state index contributed by atoms with van der Waals surface area (Å²) in [7, 11) is 4.85. The number of rotatable bonds is 3. The molecule has 0 unspecified atom stereocenters. The molecule has 0 spiro atoms. The number of ether oxygens (including phenoxy) is 2. The van der Waals surface area contributed by atoms with Crippen molar-refractivity contribution in [1.29, 1.82) is 5.26 Å². The maximum absolute atomic E-state index is 12.4. The van der Waals surface area contributed by atoms with Crippen LogP contribution in [0.2, 0.25) is 0 Å². The predicted octanol–water partition coefficient (Wildman–Crippen LogP) is 2.99. The van der Waals surface area contributed by atoms with Crippen LogP contribution in [-0.4, -0.2) is 39.4 Å². The molecule has 0 atom stereocenters. The number of amides is 1. The van der Waals surface area contributed by atoms with E-state index in [4.69, 9.17) is 9.47 Å². The first-order valence-corrected chi connectivity index (χ1v) is 8.86. The summed E-state index contributed by atoms with van der Waals surface area (Å²) in [5, 5.41) is 9.21. The SMILES string of the molecule is COc1cc2c(c(I)c1OC)C(c1cccc(C#N)c1)=NCC(=O)N2C. The van der Waals surface area contributed by atoms with Crippen molar-refractivity contribution in [3.05, 3.63) is 50.6 Å². The second-order valence-electron chi connectivity index (χ2n) is 5.63. The Balaban J connectivity index is 2.34. The lowest BCUT2D eigenvalue weighted by atomic mass is 9.98. The van der Waals surface area contributed by atoms with Crippen LogP contribution in [0.3, 0.4) is 0 Å². The highest BCUT2D eigenvalue weighted by Crippen LogP contribution is 2.42. The molecule has 132 valence electrons. The molecule has 1 aliphatic heterocycles. The van der Waals surface area contributed by atoms with Gasteiger partial charge in [-0.05, 0) is 34.7 Å². The van der Waals surface area contributed by atoms with Gasteiger partial charge in [-0.25, -0.2) is 0 Å². The first-order chi connectivity index (χ1) is 12.5. The molecular weight excluding hydrogens is 445 g/mol. The summed E-state index contributed by atoms with van der Waals surface area (Å²) in [4.78, 5) is 18.6. The fourth-order valence-electron chi connectivity index (χ4n) is 2.87. The quantitative estimate of drug-likeness (QED) is 0.659. The average Bonchev–Trinajstić information content (AvgIpc) is 2.79. The number of aliphatic imine (C=N–C) groups is 1. The largest absolute Gasteiger partial charge is 0.493 e. The normalized spacial score (nSPS) is 13.4. The summed E-state index contributed by atoms with van der Waals surface area (Å²) in [5.41, 5.74) is 3.44. The molecule has 0 fully saturated rings. The molecule has 1 heterocycles. The van der Waals surface area contributed by atoms with Crippen molar-refractivity contribution in [2.75, 3.05) is 32.7 Å². The van der Waals surface area contributed by atoms with E-state index >= 15 is 0 Å². The van der Waals surface area contributed by atoms with Gasteiger partial charge in [-0.1, -0.05) is 12.1 Å². The molecule has 6 nitrogen and oxygen atoms in total. The Morgan fingerprint density at radius 2 is 2.04 bits per heavy atom. The molecule has 26 heavy (non-hydrogen) atoms. The van der Waals surface area contributed by atoms with Gasteiger partial charge in [0.2, 0.25) is 5.91 Å². The fraction of sp³-hybridized carbons (Fsp3) is 0.211. The van der Waals surface area contributed by atoms with Gasteiger partial charge < -0.3 is 14.4 Å². The number of benzene rings is 2. The lowest BCUT2D eigenvalue weighted by Crippen LogP contribution is -2.28. The summed E-state index contributed by atoms with van der Waals surface area (Å²) in [6, 6.07) is 11.1. The van der Waals surface area contributed by atoms with Crippen LogP contribution in [0.4, 0.5) is 5.69 Å². The summed E-state index contributed by atoms with van der Waals surface area (Å²) in [6.45, 7) is 0.0258. The zero-order valence-corrected chi connectivity index (χ0v) is 16.7. The third kappa shape index (κ3) is 3.01. The average molecular weight is 461 g/mol. The number of nitrogens with zero attached hydrogens (tertiary/aromatic N) is 3. The standard InChI is InChI=1S/C19H16IN3O3/c1-23-13-8-14(25-2)19(26-3)17(20)16(13)18(22-10-15(23)24)12-6-4-5-11(7-12)9-21/h4-8H,10H2,1-3H3. The lowest BCUT2D eigenvalue weighted by Gasteiger charge is -2.22. The van der Waals surface area contributed by atoms with Crippen molar-refractivity contribution in [3.8, 4) is 17.6 Å². The van der Waals surface area contributed by atoms with Crippen LogP contribution >= 0.6 is 22.6 Å². The van der Waals surface area contributed by atoms with E-state index in [0.29, 0.717) is 28.5 Å². The van der Waals surface area contributed by atoms with Crippen LogP contribution < -0.4 is 14.4 Å². The van der Waals surface area contributed by atoms with Crippen molar-refractivity contribution in [2.24, 2.45) is 4.99 Å². The van der Waals surface area contributed by atoms with Crippen LogP contribution in [0.25, 0.3) is 0 Å². The Labute approximate surface area is 165 Å². The molecule has 7 heteroatoms. The molecule has 0 saturated carbocycles. The highest BCUT2D eigenvalue weighted by Gasteiger charge is 2.28.